The van der Waals surface area contributed by atoms with Crippen LogP contribution in [0.25, 0.3) is 0 Å². The lowest BCUT2D eigenvalue weighted by Gasteiger charge is -2.10. The van der Waals surface area contributed by atoms with E-state index in [2.05, 4.69) is 26.5 Å². The van der Waals surface area contributed by atoms with Crippen molar-refractivity contribution in [2.24, 2.45) is 5.10 Å². The number of rotatable bonds is 6. The van der Waals surface area contributed by atoms with Gasteiger partial charge in [0, 0.05) is 10.0 Å². The van der Waals surface area contributed by atoms with Crippen molar-refractivity contribution in [3.05, 3.63) is 90.3 Å². The molecule has 0 unspecified atom stereocenters. The lowest BCUT2D eigenvalue weighted by atomic mass is 10.2. The highest BCUT2D eigenvalue weighted by Crippen LogP contribution is 2.27. The van der Waals surface area contributed by atoms with Crippen LogP contribution in [0, 0.1) is 0 Å². The van der Waals surface area contributed by atoms with Gasteiger partial charge in [0.25, 0.3) is 0 Å². The molecule has 0 bridgehead atoms. The summed E-state index contributed by atoms with van der Waals surface area (Å²) in [6.45, 7) is 0.347. The van der Waals surface area contributed by atoms with Crippen molar-refractivity contribution < 1.29 is 4.74 Å². The molecule has 3 rings (SSSR count). The smallest absolute Gasteiger partial charge is 0.128 e. The van der Waals surface area contributed by atoms with Gasteiger partial charge < -0.3 is 4.74 Å². The molecule has 0 aliphatic heterocycles. The highest BCUT2D eigenvalue weighted by Gasteiger charge is 2.06. The molecule has 0 spiro atoms. The van der Waals surface area contributed by atoms with E-state index < -0.39 is 0 Å². The molecule has 1 N–H and O–H groups in total. The van der Waals surface area contributed by atoms with Crippen molar-refractivity contribution in [3.63, 3.8) is 0 Å². The van der Waals surface area contributed by atoms with Gasteiger partial charge in [-0.15, -0.1) is 0 Å². The molecular formula is C20H13BrCl4N2O. The molecule has 8 heteroatoms. The molecular weight excluding hydrogens is 506 g/mol. The van der Waals surface area contributed by atoms with E-state index in [4.69, 9.17) is 51.1 Å². The quantitative estimate of drug-likeness (QED) is 0.264. The average molecular weight is 519 g/mol. The zero-order chi connectivity index (χ0) is 20.1. The molecule has 0 heterocycles. The van der Waals surface area contributed by atoms with Crippen LogP contribution in [0.3, 0.4) is 0 Å². The molecule has 28 heavy (non-hydrogen) atoms. The van der Waals surface area contributed by atoms with Crippen LogP contribution in [-0.4, -0.2) is 6.21 Å². The first-order valence-corrected chi connectivity index (χ1v) is 10.3. The van der Waals surface area contributed by atoms with Gasteiger partial charge in [-0.05, 0) is 54.1 Å². The van der Waals surface area contributed by atoms with E-state index in [9.17, 15) is 0 Å². The molecule has 3 nitrogen and oxygen atoms in total. The maximum absolute atomic E-state index is 6.05. The van der Waals surface area contributed by atoms with Crippen LogP contribution in [0.15, 0.2) is 64.2 Å². The van der Waals surface area contributed by atoms with Crippen molar-refractivity contribution in [2.45, 2.75) is 6.61 Å². The van der Waals surface area contributed by atoms with Crippen molar-refractivity contribution in [3.8, 4) is 5.75 Å². The Morgan fingerprint density at radius 3 is 2.29 bits per heavy atom. The van der Waals surface area contributed by atoms with Gasteiger partial charge in [-0.25, -0.2) is 0 Å². The van der Waals surface area contributed by atoms with Gasteiger partial charge >= 0.3 is 0 Å². The van der Waals surface area contributed by atoms with Crippen molar-refractivity contribution in [1.29, 1.82) is 0 Å². The second-order valence-corrected chi connectivity index (χ2v) is 8.26. The fourth-order valence-corrected chi connectivity index (χ4v) is 3.28. The largest absolute Gasteiger partial charge is 0.488 e. The van der Waals surface area contributed by atoms with Gasteiger partial charge in [0.2, 0.25) is 0 Å². The van der Waals surface area contributed by atoms with Gasteiger partial charge in [-0.2, -0.15) is 5.10 Å². The molecule has 0 saturated carbocycles. The second-order valence-electron chi connectivity index (χ2n) is 5.72. The standard InChI is InChI=1S/C20H13BrCl4N2O/c21-14-2-6-20(28-11-12-1-4-16(22)18(24)7-12)13(8-14)10-26-27-15-3-5-17(23)19(25)9-15/h1-10,27H,11H2. The minimum atomic E-state index is 0.347. The Morgan fingerprint density at radius 1 is 0.857 bits per heavy atom. The number of nitrogens with zero attached hydrogens (tertiary/aromatic N) is 1. The first-order valence-electron chi connectivity index (χ1n) is 8.03. The number of ether oxygens (including phenoxy) is 1. The zero-order valence-corrected chi connectivity index (χ0v) is 18.8. The first kappa shape index (κ1) is 21.3. The van der Waals surface area contributed by atoms with Crippen LogP contribution in [0.5, 0.6) is 5.75 Å². The van der Waals surface area contributed by atoms with Crippen LogP contribution < -0.4 is 10.2 Å². The summed E-state index contributed by atoms with van der Waals surface area (Å²) in [5, 5.41) is 6.19. The minimum Gasteiger partial charge on any atom is -0.488 e. The summed E-state index contributed by atoms with van der Waals surface area (Å²) in [4.78, 5) is 0. The minimum absolute atomic E-state index is 0.347. The van der Waals surface area contributed by atoms with Crippen LogP contribution in [0.2, 0.25) is 20.1 Å². The first-order chi connectivity index (χ1) is 13.4. The van der Waals surface area contributed by atoms with Crippen molar-refractivity contribution in [2.75, 3.05) is 5.43 Å². The Hall–Kier alpha value is -1.43. The van der Waals surface area contributed by atoms with Crippen molar-refractivity contribution >= 4 is 74.2 Å². The highest BCUT2D eigenvalue weighted by atomic mass is 79.9. The van der Waals surface area contributed by atoms with Crippen LogP contribution >= 0.6 is 62.3 Å². The lowest BCUT2D eigenvalue weighted by molar-refractivity contribution is 0.306. The summed E-state index contributed by atoms with van der Waals surface area (Å²) in [7, 11) is 0. The summed E-state index contributed by atoms with van der Waals surface area (Å²) in [5.41, 5.74) is 5.34. The number of hydrogen-bond donors (Lipinski definition) is 1. The third kappa shape index (κ3) is 5.79. The fourth-order valence-electron chi connectivity index (χ4n) is 2.28. The molecule has 0 atom stereocenters. The molecule has 0 aromatic heterocycles. The summed E-state index contributed by atoms with van der Waals surface area (Å²) in [6.07, 6.45) is 1.66. The second kappa shape index (κ2) is 9.86. The van der Waals surface area contributed by atoms with Crippen LogP contribution in [0.4, 0.5) is 5.69 Å². The van der Waals surface area contributed by atoms with Gasteiger partial charge in [0.1, 0.15) is 12.4 Å². The lowest BCUT2D eigenvalue weighted by Crippen LogP contribution is -1.99. The Morgan fingerprint density at radius 2 is 1.57 bits per heavy atom. The molecule has 0 fully saturated rings. The molecule has 0 saturated heterocycles. The average Bonchev–Trinajstić information content (AvgIpc) is 2.66. The number of benzene rings is 3. The van der Waals surface area contributed by atoms with Gasteiger partial charge in [0.15, 0.2) is 0 Å². The van der Waals surface area contributed by atoms with E-state index in [1.165, 1.54) is 0 Å². The summed E-state index contributed by atoms with van der Waals surface area (Å²) in [6, 6.07) is 16.2. The molecule has 0 aliphatic carbocycles. The van der Waals surface area contributed by atoms with E-state index >= 15 is 0 Å². The summed E-state index contributed by atoms with van der Waals surface area (Å²) in [5.74, 6) is 0.675. The Labute approximate surface area is 191 Å². The van der Waals surface area contributed by atoms with Crippen molar-refractivity contribution in [1.82, 2.24) is 0 Å². The molecule has 3 aromatic rings. The molecule has 0 aliphatic rings. The zero-order valence-electron chi connectivity index (χ0n) is 14.2. The Kier molecular flexibility index (Phi) is 7.49. The van der Waals surface area contributed by atoms with E-state index in [1.807, 2.05) is 24.3 Å². The molecule has 144 valence electrons. The number of halogens is 5. The SMILES string of the molecule is Clc1ccc(COc2ccc(Br)cc2C=NNc2ccc(Cl)c(Cl)c2)cc1Cl. The summed E-state index contributed by atoms with van der Waals surface area (Å²) < 4.78 is 6.84. The number of nitrogens with one attached hydrogen (secondary N) is 1. The third-order valence-corrected chi connectivity index (χ3v) is 5.64. The predicted molar refractivity (Wildman–Crippen MR) is 123 cm³/mol. The monoisotopic (exact) mass is 516 g/mol. The van der Waals surface area contributed by atoms with Crippen LogP contribution in [-0.2, 0) is 6.61 Å². The maximum Gasteiger partial charge on any atom is 0.128 e. The number of hydrogen-bond acceptors (Lipinski definition) is 3. The maximum atomic E-state index is 6.05. The Bertz CT molecular complexity index is 1030. The number of anilines is 1. The summed E-state index contributed by atoms with van der Waals surface area (Å²) >= 11 is 27.4. The third-order valence-electron chi connectivity index (χ3n) is 3.67. The topological polar surface area (TPSA) is 33.6 Å². The van der Waals surface area contributed by atoms with E-state index in [0.29, 0.717) is 32.4 Å². The van der Waals surface area contributed by atoms with E-state index in [0.717, 1.165) is 21.3 Å². The highest BCUT2D eigenvalue weighted by molar-refractivity contribution is 9.10. The number of hydrazone groups is 1. The fraction of sp³-hybridized carbons (Fsp3) is 0.0500. The van der Waals surface area contributed by atoms with E-state index in [1.54, 1.807) is 36.5 Å². The van der Waals surface area contributed by atoms with Crippen LogP contribution in [0.1, 0.15) is 11.1 Å². The molecule has 0 radical (unpaired) electrons. The Balaban J connectivity index is 1.72. The van der Waals surface area contributed by atoms with Gasteiger partial charge in [-0.3, -0.25) is 5.43 Å². The normalized spacial score (nSPS) is 11.0. The molecule has 0 amide bonds. The predicted octanol–water partition coefficient (Wildman–Crippen LogP) is 8.09. The van der Waals surface area contributed by atoms with E-state index in [-0.39, 0.29) is 0 Å². The van der Waals surface area contributed by atoms with Gasteiger partial charge in [0.05, 0.1) is 32.0 Å². The van der Waals surface area contributed by atoms with Gasteiger partial charge in [-0.1, -0.05) is 68.4 Å². The molecule has 3 aromatic carbocycles.